The van der Waals surface area contributed by atoms with E-state index in [0.717, 1.165) is 11.3 Å². The van der Waals surface area contributed by atoms with E-state index in [4.69, 9.17) is 0 Å². The Kier molecular flexibility index (Phi) is 4.56. The van der Waals surface area contributed by atoms with Crippen LogP contribution in [0.25, 0.3) is 10.9 Å². The van der Waals surface area contributed by atoms with Crippen LogP contribution in [-0.2, 0) is 6.42 Å². The molecule has 5 heteroatoms. The van der Waals surface area contributed by atoms with Gasteiger partial charge in [0.05, 0.1) is 0 Å². The van der Waals surface area contributed by atoms with Gasteiger partial charge in [0.1, 0.15) is 0 Å². The minimum absolute atomic E-state index is 0.335. The number of benzene rings is 2. The van der Waals surface area contributed by atoms with E-state index in [1.807, 2.05) is 23.4 Å². The average Bonchev–Trinajstić information content (AvgIpc) is 2.97. The predicted molar refractivity (Wildman–Crippen MR) is 90.9 cm³/mol. The van der Waals surface area contributed by atoms with E-state index in [1.54, 1.807) is 24.1 Å². The maximum atomic E-state index is 10.5. The van der Waals surface area contributed by atoms with Crippen LogP contribution in [0.1, 0.15) is 12.5 Å². The summed E-state index contributed by atoms with van der Waals surface area (Å²) in [5.41, 5.74) is 3.08. The predicted octanol–water partition coefficient (Wildman–Crippen LogP) is 2.87. The van der Waals surface area contributed by atoms with Crippen molar-refractivity contribution in [2.45, 2.75) is 24.3 Å². The Morgan fingerprint density at radius 1 is 1.18 bits per heavy atom. The molecular weight excluding hydrogens is 294 g/mol. The van der Waals surface area contributed by atoms with Gasteiger partial charge in [-0.25, -0.2) is 0 Å². The average molecular weight is 312 g/mol. The van der Waals surface area contributed by atoms with Crippen molar-refractivity contribution >= 4 is 28.5 Å². The fourth-order valence-electron chi connectivity index (χ4n) is 2.43. The van der Waals surface area contributed by atoms with Gasteiger partial charge < -0.3 is 4.98 Å². The van der Waals surface area contributed by atoms with Crippen molar-refractivity contribution in [3.63, 3.8) is 0 Å². The lowest BCUT2D eigenvalue weighted by atomic mass is 10.1. The number of H-pyrrole nitrogens is 1. The quantitative estimate of drug-likeness (QED) is 0.613. The number of aromatic amines is 1. The summed E-state index contributed by atoms with van der Waals surface area (Å²) in [7, 11) is 0. The summed E-state index contributed by atoms with van der Waals surface area (Å²) in [6.07, 6.45) is 3.04. The first-order chi connectivity index (χ1) is 10.8. The number of hydrogen-bond donors (Lipinski definition) is 3. The van der Waals surface area contributed by atoms with E-state index in [-0.39, 0.29) is 0 Å². The van der Waals surface area contributed by atoms with Gasteiger partial charge in [-0.15, -0.1) is 0 Å². The highest BCUT2D eigenvalue weighted by atomic mass is 32.2. The van der Waals surface area contributed by atoms with Gasteiger partial charge in [0.2, 0.25) is 0 Å². The molecule has 22 heavy (non-hydrogen) atoms. The molecule has 0 saturated carbocycles. The normalized spacial score (nSPS) is 12.4. The third kappa shape index (κ3) is 3.37. The molecule has 0 radical (unpaired) electrons. The van der Waals surface area contributed by atoms with Crippen molar-refractivity contribution in [2.24, 2.45) is 0 Å². The lowest BCUT2D eigenvalue weighted by Gasteiger charge is -2.12. The Morgan fingerprint density at radius 2 is 1.95 bits per heavy atom. The highest BCUT2D eigenvalue weighted by molar-refractivity contribution is 7.97. The second kappa shape index (κ2) is 6.77. The molecular formula is C17H18N3OS+. The third-order valence-corrected chi connectivity index (χ3v) is 4.58. The number of fused-ring (bicyclic) bond motifs is 1. The zero-order chi connectivity index (χ0) is 15.4. The number of aromatic nitrogens is 1. The summed E-state index contributed by atoms with van der Waals surface area (Å²) in [5, 5.41) is 3.17. The molecule has 1 aromatic heterocycles. The van der Waals surface area contributed by atoms with Crippen molar-refractivity contribution < 1.29 is 5.18 Å². The molecule has 0 bridgehead atoms. The summed E-state index contributed by atoms with van der Waals surface area (Å²) in [4.78, 5) is 14.9. The summed E-state index contributed by atoms with van der Waals surface area (Å²) in [5.74, 6) is 0. The van der Waals surface area contributed by atoms with Gasteiger partial charge in [0.25, 0.3) is 5.69 Å². The van der Waals surface area contributed by atoms with E-state index < -0.39 is 0 Å². The SMILES string of the molecule is CC(Cc1c[nH]c2ccccc12)NSc1ccc([NH+]=O)cc1. The van der Waals surface area contributed by atoms with Crippen LogP contribution in [0, 0.1) is 4.91 Å². The van der Waals surface area contributed by atoms with Crippen LogP contribution in [0.15, 0.2) is 59.6 Å². The standard InChI is InChI=1S/C17H17N3OS/c1-12(20-22-15-8-6-14(19-21)7-9-15)10-13-11-18-17-5-3-2-4-16(13)17/h2-9,11-12,18,20H,10H2,1H3/p+1. The highest BCUT2D eigenvalue weighted by Crippen LogP contribution is 2.21. The van der Waals surface area contributed by atoms with E-state index in [0.29, 0.717) is 11.7 Å². The van der Waals surface area contributed by atoms with E-state index >= 15 is 0 Å². The van der Waals surface area contributed by atoms with Gasteiger partial charge in [-0.3, -0.25) is 4.72 Å². The fraction of sp³-hybridized carbons (Fsp3) is 0.176. The first kappa shape index (κ1) is 14.8. The lowest BCUT2D eigenvalue weighted by molar-refractivity contribution is -0.379. The number of nitroso groups, excluding NO2 is 1. The monoisotopic (exact) mass is 312 g/mol. The maximum absolute atomic E-state index is 10.5. The minimum Gasteiger partial charge on any atom is -0.361 e. The molecule has 3 aromatic rings. The second-order valence-corrected chi connectivity index (χ2v) is 6.22. The molecule has 0 amide bonds. The van der Waals surface area contributed by atoms with Crippen LogP contribution < -0.4 is 9.90 Å². The first-order valence-electron chi connectivity index (χ1n) is 7.22. The van der Waals surface area contributed by atoms with Gasteiger partial charge in [0.15, 0.2) is 0 Å². The molecule has 0 fully saturated rings. The van der Waals surface area contributed by atoms with Crippen molar-refractivity contribution in [1.82, 2.24) is 9.71 Å². The van der Waals surface area contributed by atoms with Crippen molar-refractivity contribution in [3.8, 4) is 0 Å². The number of nitrogens with one attached hydrogen (secondary N) is 3. The molecule has 4 nitrogen and oxygen atoms in total. The molecule has 3 N–H and O–H groups in total. The molecule has 0 spiro atoms. The zero-order valence-corrected chi connectivity index (χ0v) is 13.1. The summed E-state index contributed by atoms with van der Waals surface area (Å²) in [6, 6.07) is 16.1. The Labute approximate surface area is 133 Å². The Hall–Kier alpha value is -2.11. The molecule has 3 rings (SSSR count). The first-order valence-corrected chi connectivity index (χ1v) is 8.03. The van der Waals surface area contributed by atoms with Crippen molar-refractivity contribution in [1.29, 1.82) is 0 Å². The minimum atomic E-state index is 0.335. The Balaban J connectivity index is 1.60. The Bertz CT molecular complexity index is 767. The van der Waals surface area contributed by atoms with Gasteiger partial charge in [-0.1, -0.05) is 18.2 Å². The van der Waals surface area contributed by atoms with Crippen LogP contribution in [0.3, 0.4) is 0 Å². The second-order valence-electron chi connectivity index (χ2n) is 5.31. The molecule has 1 heterocycles. The molecule has 0 aliphatic carbocycles. The van der Waals surface area contributed by atoms with E-state index in [9.17, 15) is 4.91 Å². The van der Waals surface area contributed by atoms with Gasteiger partial charge in [-0.05, 0) is 49.1 Å². The van der Waals surface area contributed by atoms with Crippen molar-refractivity contribution in [2.75, 3.05) is 0 Å². The number of para-hydroxylation sites is 1. The van der Waals surface area contributed by atoms with E-state index in [2.05, 4.69) is 41.0 Å². The van der Waals surface area contributed by atoms with Gasteiger partial charge in [0, 0.05) is 50.3 Å². The fourth-order valence-corrected chi connectivity index (χ4v) is 3.12. The number of hydrogen-bond acceptors (Lipinski definition) is 3. The van der Waals surface area contributed by atoms with Crippen LogP contribution in [-0.4, -0.2) is 11.0 Å². The number of rotatable bonds is 6. The smallest absolute Gasteiger partial charge is 0.253 e. The van der Waals surface area contributed by atoms with Gasteiger partial charge in [-0.2, -0.15) is 0 Å². The largest absolute Gasteiger partial charge is 0.361 e. The topological polar surface area (TPSA) is 58.9 Å². The summed E-state index contributed by atoms with van der Waals surface area (Å²) < 4.78 is 3.44. The molecule has 1 unspecified atom stereocenters. The molecule has 112 valence electrons. The maximum Gasteiger partial charge on any atom is 0.253 e. The van der Waals surface area contributed by atoms with Crippen LogP contribution in [0.4, 0.5) is 5.69 Å². The van der Waals surface area contributed by atoms with Crippen molar-refractivity contribution in [3.05, 3.63) is 65.2 Å². The van der Waals surface area contributed by atoms with Crippen LogP contribution >= 0.6 is 11.9 Å². The third-order valence-electron chi connectivity index (χ3n) is 3.55. The Morgan fingerprint density at radius 3 is 2.73 bits per heavy atom. The molecule has 2 aromatic carbocycles. The van der Waals surface area contributed by atoms with Crippen LogP contribution in [0.2, 0.25) is 0 Å². The highest BCUT2D eigenvalue weighted by Gasteiger charge is 2.08. The summed E-state index contributed by atoms with van der Waals surface area (Å²) >= 11 is 1.58. The van der Waals surface area contributed by atoms with Gasteiger partial charge >= 0.3 is 0 Å². The van der Waals surface area contributed by atoms with Crippen LogP contribution in [0.5, 0.6) is 0 Å². The summed E-state index contributed by atoms with van der Waals surface area (Å²) in [6.45, 7) is 2.17. The molecule has 0 aliphatic heterocycles. The molecule has 0 aliphatic rings. The molecule has 1 atom stereocenters. The lowest BCUT2D eigenvalue weighted by Crippen LogP contribution is -2.55. The van der Waals surface area contributed by atoms with E-state index in [1.165, 1.54) is 16.5 Å². The molecule has 0 saturated heterocycles. The zero-order valence-electron chi connectivity index (χ0n) is 12.3.